The van der Waals surface area contributed by atoms with Gasteiger partial charge in [0, 0.05) is 6.04 Å². The fourth-order valence-corrected chi connectivity index (χ4v) is 2.10. The van der Waals surface area contributed by atoms with Crippen molar-refractivity contribution >= 4 is 11.0 Å². The van der Waals surface area contributed by atoms with Gasteiger partial charge in [-0.3, -0.25) is 0 Å². The average molecular weight is 201 g/mol. The van der Waals surface area contributed by atoms with Crippen LogP contribution in [0.25, 0.3) is 11.0 Å². The molecule has 2 aromatic rings. The summed E-state index contributed by atoms with van der Waals surface area (Å²) in [5.41, 5.74) is 8.26. The van der Waals surface area contributed by atoms with Crippen LogP contribution in [0.3, 0.4) is 0 Å². The van der Waals surface area contributed by atoms with Gasteiger partial charge in [0.05, 0.1) is 17.1 Å². The SMILES string of the molecule is C[C@@H](N)c1nc2ccccc2n1C1CC1. The summed E-state index contributed by atoms with van der Waals surface area (Å²) >= 11 is 0. The van der Waals surface area contributed by atoms with Crippen molar-refractivity contribution in [2.24, 2.45) is 5.73 Å². The van der Waals surface area contributed by atoms with Crippen LogP contribution in [0, 0.1) is 0 Å². The molecule has 1 atom stereocenters. The minimum Gasteiger partial charge on any atom is -0.324 e. The molecule has 15 heavy (non-hydrogen) atoms. The van der Waals surface area contributed by atoms with Gasteiger partial charge >= 0.3 is 0 Å². The van der Waals surface area contributed by atoms with E-state index in [1.54, 1.807) is 0 Å². The molecular formula is C12H15N3. The van der Waals surface area contributed by atoms with Crippen LogP contribution in [0.5, 0.6) is 0 Å². The van der Waals surface area contributed by atoms with Crippen LogP contribution < -0.4 is 5.73 Å². The maximum atomic E-state index is 5.96. The first-order chi connectivity index (χ1) is 7.27. The molecule has 1 aliphatic carbocycles. The van der Waals surface area contributed by atoms with E-state index >= 15 is 0 Å². The van der Waals surface area contributed by atoms with E-state index in [1.165, 1.54) is 18.4 Å². The van der Waals surface area contributed by atoms with E-state index in [2.05, 4.69) is 27.8 Å². The number of nitrogens with two attached hydrogens (primary N) is 1. The summed E-state index contributed by atoms with van der Waals surface area (Å²) in [7, 11) is 0. The lowest BCUT2D eigenvalue weighted by atomic mass is 10.3. The van der Waals surface area contributed by atoms with Gasteiger partial charge in [0.15, 0.2) is 0 Å². The molecule has 0 saturated heterocycles. The molecule has 1 aromatic carbocycles. The zero-order chi connectivity index (χ0) is 10.4. The lowest BCUT2D eigenvalue weighted by Crippen LogP contribution is -2.12. The highest BCUT2D eigenvalue weighted by Crippen LogP contribution is 2.39. The highest BCUT2D eigenvalue weighted by Gasteiger charge is 2.28. The zero-order valence-electron chi connectivity index (χ0n) is 8.85. The Morgan fingerprint density at radius 2 is 2.13 bits per heavy atom. The largest absolute Gasteiger partial charge is 0.324 e. The number of aromatic nitrogens is 2. The molecule has 1 aliphatic rings. The second-order valence-corrected chi connectivity index (χ2v) is 4.35. The van der Waals surface area contributed by atoms with Gasteiger partial charge in [-0.15, -0.1) is 0 Å². The molecule has 1 fully saturated rings. The Hall–Kier alpha value is -1.35. The molecule has 0 unspecified atom stereocenters. The minimum absolute atomic E-state index is 0.0120. The number of benzene rings is 1. The molecular weight excluding hydrogens is 186 g/mol. The van der Waals surface area contributed by atoms with Crippen LogP contribution in [0.1, 0.15) is 37.7 Å². The molecule has 3 rings (SSSR count). The van der Waals surface area contributed by atoms with Crippen LogP contribution in [-0.2, 0) is 0 Å². The first kappa shape index (κ1) is 8.92. The van der Waals surface area contributed by atoms with E-state index in [-0.39, 0.29) is 6.04 Å². The van der Waals surface area contributed by atoms with Crippen molar-refractivity contribution in [1.29, 1.82) is 0 Å². The van der Waals surface area contributed by atoms with E-state index in [4.69, 9.17) is 5.73 Å². The Labute approximate surface area is 88.9 Å². The lowest BCUT2D eigenvalue weighted by Gasteiger charge is -2.09. The van der Waals surface area contributed by atoms with Gasteiger partial charge in [-0.1, -0.05) is 12.1 Å². The standard InChI is InChI=1S/C12H15N3/c1-8(13)12-14-10-4-2-3-5-11(10)15(12)9-6-7-9/h2-5,8-9H,6-7,13H2,1H3/t8-/m1/s1. The van der Waals surface area contributed by atoms with Crippen LogP contribution in [0.4, 0.5) is 0 Å². The molecule has 0 radical (unpaired) electrons. The van der Waals surface area contributed by atoms with Gasteiger partial charge in [-0.2, -0.15) is 0 Å². The van der Waals surface area contributed by atoms with Gasteiger partial charge in [-0.25, -0.2) is 4.98 Å². The number of imidazole rings is 1. The minimum atomic E-state index is 0.0120. The maximum absolute atomic E-state index is 5.96. The molecule has 2 N–H and O–H groups in total. The van der Waals surface area contributed by atoms with Crippen LogP contribution in [-0.4, -0.2) is 9.55 Å². The number of hydrogen-bond donors (Lipinski definition) is 1. The third kappa shape index (κ3) is 1.35. The summed E-state index contributed by atoms with van der Waals surface area (Å²) in [4.78, 5) is 4.61. The molecule has 78 valence electrons. The Morgan fingerprint density at radius 1 is 1.40 bits per heavy atom. The molecule has 1 saturated carbocycles. The Morgan fingerprint density at radius 3 is 2.80 bits per heavy atom. The number of hydrogen-bond acceptors (Lipinski definition) is 2. The fourth-order valence-electron chi connectivity index (χ4n) is 2.10. The number of nitrogens with zero attached hydrogens (tertiary/aromatic N) is 2. The predicted octanol–water partition coefficient (Wildman–Crippen LogP) is 2.39. The van der Waals surface area contributed by atoms with E-state index in [1.807, 2.05) is 13.0 Å². The Balaban J connectivity index is 2.28. The van der Waals surface area contributed by atoms with E-state index < -0.39 is 0 Å². The smallest absolute Gasteiger partial charge is 0.126 e. The first-order valence-corrected chi connectivity index (χ1v) is 5.50. The molecule has 3 nitrogen and oxygen atoms in total. The van der Waals surface area contributed by atoms with Crippen molar-refractivity contribution in [2.45, 2.75) is 31.8 Å². The highest BCUT2D eigenvalue weighted by molar-refractivity contribution is 5.76. The summed E-state index contributed by atoms with van der Waals surface area (Å²) in [5, 5.41) is 0. The van der Waals surface area contributed by atoms with Gasteiger partial charge in [0.2, 0.25) is 0 Å². The molecule has 1 aromatic heterocycles. The molecule has 0 amide bonds. The summed E-state index contributed by atoms with van der Waals surface area (Å²) in [5.74, 6) is 1.03. The lowest BCUT2D eigenvalue weighted by molar-refractivity contribution is 0.639. The molecule has 0 spiro atoms. The highest BCUT2D eigenvalue weighted by atomic mass is 15.1. The molecule has 0 bridgehead atoms. The molecule has 3 heteroatoms. The molecule has 1 heterocycles. The average Bonchev–Trinajstić information content (AvgIpc) is 2.98. The van der Waals surface area contributed by atoms with E-state index in [0.29, 0.717) is 6.04 Å². The van der Waals surface area contributed by atoms with E-state index in [9.17, 15) is 0 Å². The van der Waals surface area contributed by atoms with Crippen LogP contribution in [0.15, 0.2) is 24.3 Å². The number of rotatable bonds is 2. The molecule has 0 aliphatic heterocycles. The Bertz CT molecular complexity index is 495. The van der Waals surface area contributed by atoms with Crippen molar-refractivity contribution in [2.75, 3.05) is 0 Å². The van der Waals surface area contributed by atoms with Crippen molar-refractivity contribution < 1.29 is 0 Å². The third-order valence-electron chi connectivity index (χ3n) is 2.94. The fraction of sp³-hybridized carbons (Fsp3) is 0.417. The van der Waals surface area contributed by atoms with Gasteiger partial charge in [-0.05, 0) is 31.9 Å². The van der Waals surface area contributed by atoms with Gasteiger partial charge in [0.25, 0.3) is 0 Å². The number of fused-ring (bicyclic) bond motifs is 1. The maximum Gasteiger partial charge on any atom is 0.126 e. The zero-order valence-corrected chi connectivity index (χ0v) is 8.85. The number of para-hydroxylation sites is 2. The summed E-state index contributed by atoms with van der Waals surface area (Å²) in [6.07, 6.45) is 2.53. The normalized spacial score (nSPS) is 18.3. The van der Waals surface area contributed by atoms with Crippen molar-refractivity contribution in [1.82, 2.24) is 9.55 Å². The van der Waals surface area contributed by atoms with Crippen molar-refractivity contribution in [3.63, 3.8) is 0 Å². The summed E-state index contributed by atoms with van der Waals surface area (Å²) in [6, 6.07) is 8.93. The van der Waals surface area contributed by atoms with Crippen LogP contribution in [0.2, 0.25) is 0 Å². The van der Waals surface area contributed by atoms with Crippen molar-refractivity contribution in [3.8, 4) is 0 Å². The van der Waals surface area contributed by atoms with Crippen molar-refractivity contribution in [3.05, 3.63) is 30.1 Å². The topological polar surface area (TPSA) is 43.8 Å². The van der Waals surface area contributed by atoms with E-state index in [0.717, 1.165) is 11.3 Å². The Kier molecular flexibility index (Phi) is 1.83. The summed E-state index contributed by atoms with van der Waals surface area (Å²) < 4.78 is 2.32. The second-order valence-electron chi connectivity index (χ2n) is 4.35. The third-order valence-corrected chi connectivity index (χ3v) is 2.94. The summed E-state index contributed by atoms with van der Waals surface area (Å²) in [6.45, 7) is 2.00. The predicted molar refractivity (Wildman–Crippen MR) is 60.6 cm³/mol. The first-order valence-electron chi connectivity index (χ1n) is 5.50. The van der Waals surface area contributed by atoms with Gasteiger partial charge in [0.1, 0.15) is 5.82 Å². The second kappa shape index (κ2) is 3.07. The quantitative estimate of drug-likeness (QED) is 0.810. The van der Waals surface area contributed by atoms with Gasteiger partial charge < -0.3 is 10.3 Å². The van der Waals surface area contributed by atoms with Crippen LogP contribution >= 0.6 is 0 Å². The monoisotopic (exact) mass is 201 g/mol.